The molecule has 0 aliphatic rings. The first-order valence-corrected chi connectivity index (χ1v) is 6.87. The van der Waals surface area contributed by atoms with Gasteiger partial charge in [0.2, 0.25) is 0 Å². The highest BCUT2D eigenvalue weighted by atomic mass is 35.5. The first-order valence-electron chi connectivity index (χ1n) is 5.23. The van der Waals surface area contributed by atoms with Gasteiger partial charge < -0.3 is 5.73 Å². The van der Waals surface area contributed by atoms with Gasteiger partial charge in [0.05, 0.1) is 5.01 Å². The average Bonchev–Trinajstić information content (AvgIpc) is 2.76. The molecule has 0 aliphatic carbocycles. The maximum Gasteiger partial charge on any atom is 0.0940 e. The van der Waals surface area contributed by atoms with Gasteiger partial charge >= 0.3 is 0 Å². The van der Waals surface area contributed by atoms with Crippen molar-refractivity contribution in [2.45, 2.75) is 18.9 Å². The summed E-state index contributed by atoms with van der Waals surface area (Å²) in [5, 5.41) is 4.34. The molecule has 0 aliphatic heterocycles. The minimum absolute atomic E-state index is 0.0152. The molecule has 17 heavy (non-hydrogen) atoms. The van der Waals surface area contributed by atoms with E-state index in [1.54, 1.807) is 17.5 Å². The zero-order valence-corrected chi connectivity index (χ0v) is 11.4. The first kappa shape index (κ1) is 12.8. The molecule has 2 nitrogen and oxygen atoms in total. The normalized spacial score (nSPS) is 12.6. The Kier molecular flexibility index (Phi) is 4.40. The molecule has 0 radical (unpaired) electrons. The number of hydrogen-bond donors (Lipinski definition) is 1. The SMILES string of the molecule is NC(Cc1nccs1)Cc1c(Cl)cccc1Cl. The van der Waals surface area contributed by atoms with Gasteiger partial charge in [-0.05, 0) is 24.1 Å². The maximum atomic E-state index is 6.10. The Morgan fingerprint density at radius 2 is 1.94 bits per heavy atom. The van der Waals surface area contributed by atoms with Crippen molar-refractivity contribution in [3.63, 3.8) is 0 Å². The highest BCUT2D eigenvalue weighted by Gasteiger charge is 2.12. The molecule has 90 valence electrons. The Balaban J connectivity index is 2.05. The lowest BCUT2D eigenvalue weighted by atomic mass is 10.0. The van der Waals surface area contributed by atoms with Crippen molar-refractivity contribution in [3.8, 4) is 0 Å². The summed E-state index contributed by atoms with van der Waals surface area (Å²) in [5.74, 6) is 0. The van der Waals surface area contributed by atoms with Gasteiger partial charge in [-0.25, -0.2) is 4.98 Å². The van der Waals surface area contributed by atoms with E-state index in [1.807, 2.05) is 23.6 Å². The largest absolute Gasteiger partial charge is 0.327 e. The number of thiazole rings is 1. The van der Waals surface area contributed by atoms with Crippen molar-refractivity contribution in [2.24, 2.45) is 5.73 Å². The minimum Gasteiger partial charge on any atom is -0.327 e. The van der Waals surface area contributed by atoms with Crippen LogP contribution < -0.4 is 5.73 Å². The molecular weight excluding hydrogens is 275 g/mol. The highest BCUT2D eigenvalue weighted by molar-refractivity contribution is 7.09. The fourth-order valence-electron chi connectivity index (χ4n) is 1.64. The van der Waals surface area contributed by atoms with Gasteiger partial charge in [0.15, 0.2) is 0 Å². The third kappa shape index (κ3) is 3.42. The average molecular weight is 287 g/mol. The number of hydrogen-bond acceptors (Lipinski definition) is 3. The van der Waals surface area contributed by atoms with Crippen LogP contribution in [0.2, 0.25) is 10.0 Å². The molecule has 2 rings (SSSR count). The van der Waals surface area contributed by atoms with Gasteiger partial charge in [0.1, 0.15) is 0 Å². The Bertz CT molecular complexity index is 465. The number of nitrogens with two attached hydrogens (primary N) is 1. The predicted octanol–water partition coefficient (Wildman–Crippen LogP) is 3.56. The summed E-state index contributed by atoms with van der Waals surface area (Å²) in [6.45, 7) is 0. The van der Waals surface area contributed by atoms with E-state index in [0.717, 1.165) is 17.0 Å². The topological polar surface area (TPSA) is 38.9 Å². The Labute approximate surface area is 114 Å². The van der Waals surface area contributed by atoms with Crippen LogP contribution >= 0.6 is 34.5 Å². The van der Waals surface area contributed by atoms with Crippen molar-refractivity contribution in [1.29, 1.82) is 0 Å². The fourth-order valence-corrected chi connectivity index (χ4v) is 2.90. The van der Waals surface area contributed by atoms with Gasteiger partial charge in [-0.15, -0.1) is 11.3 Å². The smallest absolute Gasteiger partial charge is 0.0940 e. The molecule has 0 spiro atoms. The minimum atomic E-state index is -0.0152. The predicted molar refractivity (Wildman–Crippen MR) is 74.0 cm³/mol. The molecule has 5 heteroatoms. The second-order valence-electron chi connectivity index (χ2n) is 3.79. The van der Waals surface area contributed by atoms with E-state index in [0.29, 0.717) is 16.5 Å². The Morgan fingerprint density at radius 1 is 1.24 bits per heavy atom. The monoisotopic (exact) mass is 286 g/mol. The van der Waals surface area contributed by atoms with Crippen LogP contribution in [0.1, 0.15) is 10.6 Å². The van der Waals surface area contributed by atoms with Crippen LogP contribution in [0.3, 0.4) is 0 Å². The molecule has 2 N–H and O–H groups in total. The van der Waals surface area contributed by atoms with Crippen LogP contribution in [0.5, 0.6) is 0 Å². The summed E-state index contributed by atoms with van der Waals surface area (Å²) in [4.78, 5) is 4.22. The van der Waals surface area contributed by atoms with Gasteiger partial charge in [-0.1, -0.05) is 29.3 Å². The van der Waals surface area contributed by atoms with Crippen molar-refractivity contribution in [3.05, 3.63) is 50.4 Å². The second kappa shape index (κ2) is 5.83. The summed E-state index contributed by atoms with van der Waals surface area (Å²) in [6, 6.07) is 5.48. The zero-order valence-electron chi connectivity index (χ0n) is 9.07. The molecule has 1 unspecified atom stereocenters. The second-order valence-corrected chi connectivity index (χ2v) is 5.59. The summed E-state index contributed by atoms with van der Waals surface area (Å²) in [6.07, 6.45) is 3.20. The molecule has 1 atom stereocenters. The lowest BCUT2D eigenvalue weighted by molar-refractivity contribution is 0.662. The molecule has 1 aromatic heterocycles. The van der Waals surface area contributed by atoms with E-state index in [-0.39, 0.29) is 6.04 Å². The van der Waals surface area contributed by atoms with Crippen LogP contribution in [0.4, 0.5) is 0 Å². The molecule has 0 bridgehead atoms. The zero-order chi connectivity index (χ0) is 12.3. The van der Waals surface area contributed by atoms with Gasteiger partial charge in [0, 0.05) is 34.1 Å². The van der Waals surface area contributed by atoms with E-state index in [9.17, 15) is 0 Å². The number of aromatic nitrogens is 1. The van der Waals surface area contributed by atoms with Crippen LogP contribution in [0.15, 0.2) is 29.8 Å². The van der Waals surface area contributed by atoms with E-state index in [1.165, 1.54) is 0 Å². The van der Waals surface area contributed by atoms with Crippen molar-refractivity contribution in [1.82, 2.24) is 4.98 Å². The Hall–Kier alpha value is -0.610. The molecular formula is C12H12Cl2N2S. The number of nitrogens with zero attached hydrogens (tertiary/aromatic N) is 1. The number of benzene rings is 1. The van der Waals surface area contributed by atoms with E-state index >= 15 is 0 Å². The van der Waals surface area contributed by atoms with Crippen LogP contribution in [-0.2, 0) is 12.8 Å². The van der Waals surface area contributed by atoms with Crippen molar-refractivity contribution >= 4 is 34.5 Å². The van der Waals surface area contributed by atoms with Crippen molar-refractivity contribution in [2.75, 3.05) is 0 Å². The standard InChI is InChI=1S/C12H12Cl2N2S/c13-10-2-1-3-11(14)9(10)6-8(15)7-12-16-4-5-17-12/h1-5,8H,6-7,15H2. The first-order chi connectivity index (χ1) is 8.16. The maximum absolute atomic E-state index is 6.10. The summed E-state index contributed by atoms with van der Waals surface area (Å²) in [5.41, 5.74) is 7.00. The third-order valence-corrected chi connectivity index (χ3v) is 3.96. The molecule has 0 saturated heterocycles. The molecule has 1 heterocycles. The summed E-state index contributed by atoms with van der Waals surface area (Å²) < 4.78 is 0. The third-order valence-electron chi connectivity index (χ3n) is 2.45. The molecule has 1 aromatic carbocycles. The number of rotatable bonds is 4. The lowest BCUT2D eigenvalue weighted by Crippen LogP contribution is -2.25. The number of halogens is 2. The molecule has 0 amide bonds. The van der Waals surface area contributed by atoms with Crippen LogP contribution in [-0.4, -0.2) is 11.0 Å². The molecule has 0 saturated carbocycles. The van der Waals surface area contributed by atoms with Crippen LogP contribution in [0, 0.1) is 0 Å². The van der Waals surface area contributed by atoms with Crippen molar-refractivity contribution < 1.29 is 0 Å². The molecule has 2 aromatic rings. The summed E-state index contributed by atoms with van der Waals surface area (Å²) in [7, 11) is 0. The van der Waals surface area contributed by atoms with Crippen LogP contribution in [0.25, 0.3) is 0 Å². The fraction of sp³-hybridized carbons (Fsp3) is 0.250. The quantitative estimate of drug-likeness (QED) is 0.933. The van der Waals surface area contributed by atoms with E-state index in [4.69, 9.17) is 28.9 Å². The van der Waals surface area contributed by atoms with E-state index < -0.39 is 0 Å². The van der Waals surface area contributed by atoms with Gasteiger partial charge in [-0.3, -0.25) is 0 Å². The van der Waals surface area contributed by atoms with Gasteiger partial charge in [0.25, 0.3) is 0 Å². The van der Waals surface area contributed by atoms with Gasteiger partial charge in [-0.2, -0.15) is 0 Å². The molecule has 0 fully saturated rings. The summed E-state index contributed by atoms with van der Waals surface area (Å²) >= 11 is 13.8. The Morgan fingerprint density at radius 3 is 2.53 bits per heavy atom. The highest BCUT2D eigenvalue weighted by Crippen LogP contribution is 2.25. The van der Waals surface area contributed by atoms with E-state index in [2.05, 4.69) is 4.98 Å². The lowest BCUT2D eigenvalue weighted by Gasteiger charge is -2.12.